The van der Waals surface area contributed by atoms with E-state index in [4.69, 9.17) is 10.5 Å². The molecule has 118 valence electrons. The minimum absolute atomic E-state index is 0.105. The van der Waals surface area contributed by atoms with Crippen LogP contribution in [0.15, 0.2) is 24.3 Å². The van der Waals surface area contributed by atoms with Gasteiger partial charge in [-0.15, -0.1) is 0 Å². The molecule has 0 fully saturated rings. The fourth-order valence-electron chi connectivity index (χ4n) is 2.37. The van der Waals surface area contributed by atoms with E-state index in [1.165, 1.54) is 0 Å². The van der Waals surface area contributed by atoms with Crippen LogP contribution < -0.4 is 15.8 Å². The van der Waals surface area contributed by atoms with Crippen molar-refractivity contribution in [2.75, 3.05) is 13.7 Å². The van der Waals surface area contributed by atoms with E-state index in [2.05, 4.69) is 19.2 Å². The Morgan fingerprint density at radius 2 is 1.90 bits per heavy atom. The predicted molar refractivity (Wildman–Crippen MR) is 86.1 cm³/mol. The highest BCUT2D eigenvalue weighted by Crippen LogP contribution is 2.20. The smallest absolute Gasteiger partial charge is 0.220 e. The van der Waals surface area contributed by atoms with Crippen molar-refractivity contribution in [2.45, 2.75) is 39.7 Å². The Bertz CT molecular complexity index is 415. The van der Waals surface area contributed by atoms with Crippen molar-refractivity contribution in [2.24, 2.45) is 17.6 Å². The summed E-state index contributed by atoms with van der Waals surface area (Å²) in [6.45, 7) is 5.63. The zero-order chi connectivity index (χ0) is 15.7. The third kappa shape index (κ3) is 6.63. The first-order chi connectivity index (χ1) is 10.1. The van der Waals surface area contributed by atoms with Crippen molar-refractivity contribution in [1.82, 2.24) is 5.32 Å². The maximum atomic E-state index is 11.9. The van der Waals surface area contributed by atoms with Crippen molar-refractivity contribution >= 4 is 5.91 Å². The number of hydrogen-bond acceptors (Lipinski definition) is 3. The van der Waals surface area contributed by atoms with E-state index in [-0.39, 0.29) is 5.91 Å². The van der Waals surface area contributed by atoms with Crippen LogP contribution in [0.2, 0.25) is 0 Å². The predicted octanol–water partition coefficient (Wildman–Crippen LogP) is 2.71. The normalized spacial score (nSPS) is 12.2. The van der Waals surface area contributed by atoms with Crippen molar-refractivity contribution in [3.05, 3.63) is 29.8 Å². The van der Waals surface area contributed by atoms with Gasteiger partial charge < -0.3 is 15.8 Å². The molecule has 1 aromatic carbocycles. The van der Waals surface area contributed by atoms with Crippen LogP contribution in [-0.4, -0.2) is 19.6 Å². The number of carbonyl (C=O) groups excluding carboxylic acids is 1. The van der Waals surface area contributed by atoms with Gasteiger partial charge in [0, 0.05) is 13.0 Å². The lowest BCUT2D eigenvalue weighted by molar-refractivity contribution is -0.121. The van der Waals surface area contributed by atoms with Gasteiger partial charge in [0.2, 0.25) is 5.91 Å². The number of nitrogens with two attached hydrogens (primary N) is 1. The molecule has 4 heteroatoms. The summed E-state index contributed by atoms with van der Waals surface area (Å²) in [5, 5.41) is 2.96. The standard InChI is InChI=1S/C17H28N2O2/c1-13(2)15(10-11-18)6-9-17(20)19-12-14-4-7-16(21-3)8-5-14/h4-5,7-8,13,15H,6,9-12,18H2,1-3H3,(H,19,20). The third-order valence-electron chi connectivity index (χ3n) is 3.87. The third-order valence-corrected chi connectivity index (χ3v) is 3.87. The van der Waals surface area contributed by atoms with Gasteiger partial charge >= 0.3 is 0 Å². The van der Waals surface area contributed by atoms with E-state index >= 15 is 0 Å². The Kier molecular flexibility index (Phi) is 7.83. The number of methoxy groups -OCH3 is 1. The van der Waals surface area contributed by atoms with Gasteiger partial charge in [-0.3, -0.25) is 4.79 Å². The Morgan fingerprint density at radius 1 is 1.24 bits per heavy atom. The molecule has 3 N–H and O–H groups in total. The summed E-state index contributed by atoms with van der Waals surface area (Å²) in [7, 11) is 1.64. The number of rotatable bonds is 9. The van der Waals surface area contributed by atoms with Crippen LogP contribution in [-0.2, 0) is 11.3 Å². The van der Waals surface area contributed by atoms with Crippen LogP contribution in [0, 0.1) is 11.8 Å². The van der Waals surface area contributed by atoms with E-state index < -0.39 is 0 Å². The van der Waals surface area contributed by atoms with Gasteiger partial charge in [0.05, 0.1) is 7.11 Å². The van der Waals surface area contributed by atoms with Crippen molar-refractivity contribution < 1.29 is 9.53 Å². The Labute approximate surface area is 128 Å². The average Bonchev–Trinajstić information content (AvgIpc) is 2.49. The lowest BCUT2D eigenvalue weighted by Gasteiger charge is -2.19. The van der Waals surface area contributed by atoms with Crippen molar-refractivity contribution in [3.8, 4) is 5.75 Å². The molecule has 1 atom stereocenters. The molecule has 0 spiro atoms. The molecule has 1 rings (SSSR count). The van der Waals surface area contributed by atoms with Crippen LogP contribution in [0.5, 0.6) is 5.75 Å². The van der Waals surface area contributed by atoms with Gasteiger partial charge in [0.1, 0.15) is 5.75 Å². The summed E-state index contributed by atoms with van der Waals surface area (Å²) >= 11 is 0. The second kappa shape index (κ2) is 9.40. The minimum atomic E-state index is 0.105. The van der Waals surface area contributed by atoms with Gasteiger partial charge in [0.25, 0.3) is 0 Å². The number of carbonyl (C=O) groups is 1. The molecule has 0 saturated heterocycles. The Morgan fingerprint density at radius 3 is 2.43 bits per heavy atom. The number of benzene rings is 1. The highest BCUT2D eigenvalue weighted by atomic mass is 16.5. The summed E-state index contributed by atoms with van der Waals surface area (Å²) < 4.78 is 5.11. The van der Waals surface area contributed by atoms with Crippen LogP contribution >= 0.6 is 0 Å². The maximum Gasteiger partial charge on any atom is 0.220 e. The van der Waals surface area contributed by atoms with E-state index in [1.807, 2.05) is 24.3 Å². The molecule has 0 aliphatic carbocycles. The largest absolute Gasteiger partial charge is 0.497 e. The van der Waals surface area contributed by atoms with Gasteiger partial charge in [-0.05, 0) is 48.9 Å². The Balaban J connectivity index is 2.32. The van der Waals surface area contributed by atoms with Crippen LogP contribution in [0.3, 0.4) is 0 Å². The zero-order valence-electron chi connectivity index (χ0n) is 13.4. The quantitative estimate of drug-likeness (QED) is 0.735. The van der Waals surface area contributed by atoms with Crippen LogP contribution in [0.4, 0.5) is 0 Å². The molecule has 0 radical (unpaired) electrons. The zero-order valence-corrected chi connectivity index (χ0v) is 13.4. The molecule has 0 aliphatic rings. The summed E-state index contributed by atoms with van der Waals surface area (Å²) in [5.41, 5.74) is 6.70. The lowest BCUT2D eigenvalue weighted by Crippen LogP contribution is -2.24. The van der Waals surface area contributed by atoms with Crippen LogP contribution in [0.25, 0.3) is 0 Å². The van der Waals surface area contributed by atoms with Gasteiger partial charge in [-0.25, -0.2) is 0 Å². The molecule has 0 heterocycles. The monoisotopic (exact) mass is 292 g/mol. The highest BCUT2D eigenvalue weighted by Gasteiger charge is 2.14. The fraction of sp³-hybridized carbons (Fsp3) is 0.588. The molecule has 1 amide bonds. The van der Waals surface area contributed by atoms with E-state index in [0.29, 0.717) is 31.3 Å². The average molecular weight is 292 g/mol. The van der Waals surface area contributed by atoms with Crippen LogP contribution in [0.1, 0.15) is 38.7 Å². The summed E-state index contributed by atoms with van der Waals surface area (Å²) in [6, 6.07) is 7.73. The molecule has 4 nitrogen and oxygen atoms in total. The molecule has 1 unspecified atom stereocenters. The molecular formula is C17H28N2O2. The summed E-state index contributed by atoms with van der Waals surface area (Å²) in [5.74, 6) is 2.03. The number of amides is 1. The summed E-state index contributed by atoms with van der Waals surface area (Å²) in [4.78, 5) is 11.9. The van der Waals surface area contributed by atoms with E-state index in [0.717, 1.165) is 24.2 Å². The van der Waals surface area contributed by atoms with E-state index in [9.17, 15) is 4.79 Å². The molecule has 0 aromatic heterocycles. The molecule has 1 aromatic rings. The van der Waals surface area contributed by atoms with E-state index in [1.54, 1.807) is 7.11 Å². The van der Waals surface area contributed by atoms with Crippen molar-refractivity contribution in [1.29, 1.82) is 0 Å². The van der Waals surface area contributed by atoms with Gasteiger partial charge in [-0.1, -0.05) is 26.0 Å². The first kappa shape index (κ1) is 17.5. The van der Waals surface area contributed by atoms with Gasteiger partial charge in [0.15, 0.2) is 0 Å². The second-order valence-electron chi connectivity index (χ2n) is 5.74. The number of ether oxygens (including phenoxy) is 1. The number of nitrogens with one attached hydrogen (secondary N) is 1. The second-order valence-corrected chi connectivity index (χ2v) is 5.74. The first-order valence-corrected chi connectivity index (χ1v) is 7.66. The minimum Gasteiger partial charge on any atom is -0.497 e. The first-order valence-electron chi connectivity index (χ1n) is 7.66. The molecule has 0 aliphatic heterocycles. The number of hydrogen-bond donors (Lipinski definition) is 2. The van der Waals surface area contributed by atoms with Gasteiger partial charge in [-0.2, -0.15) is 0 Å². The molecule has 0 saturated carbocycles. The topological polar surface area (TPSA) is 64.3 Å². The molecule has 0 bridgehead atoms. The SMILES string of the molecule is COc1ccc(CNC(=O)CCC(CCN)C(C)C)cc1. The molecule has 21 heavy (non-hydrogen) atoms. The fourth-order valence-corrected chi connectivity index (χ4v) is 2.37. The Hall–Kier alpha value is -1.55. The molecular weight excluding hydrogens is 264 g/mol. The van der Waals surface area contributed by atoms with Crippen molar-refractivity contribution in [3.63, 3.8) is 0 Å². The lowest BCUT2D eigenvalue weighted by atomic mass is 9.88. The highest BCUT2D eigenvalue weighted by molar-refractivity contribution is 5.75. The summed E-state index contributed by atoms with van der Waals surface area (Å²) in [6.07, 6.45) is 2.46. The maximum absolute atomic E-state index is 11.9.